The van der Waals surface area contributed by atoms with Crippen molar-refractivity contribution in [1.82, 2.24) is 0 Å². The number of rotatable bonds is 3. The van der Waals surface area contributed by atoms with E-state index in [1.165, 1.54) is 121 Å². The molecule has 0 saturated carbocycles. The molecule has 0 atom stereocenters. The molecule has 7 aromatic carbocycles. The minimum atomic E-state index is -0.306. The summed E-state index contributed by atoms with van der Waals surface area (Å²) in [5, 5.41) is 1.34. The molecule has 0 aliphatic carbocycles. The SMILES string of the molecule is Cc1cc2c3c(c1)N(c1cc4c5c(c1)CC(C)(C)CN5CC(C)(C)C4)c1c(sc4ccc(C(C)(C)C)cc14)B3c1cc3c(cc1N2c1ccc(C(C)(C)C)cc1-c1ccc(C(C)(C)C)cc1)Oc1ccccc1C3(C)C. The summed E-state index contributed by atoms with van der Waals surface area (Å²) >= 11 is 2.01. The minimum absolute atomic E-state index is 0.0209. The second-order valence-corrected chi connectivity index (χ2v) is 29.8. The molecule has 0 bridgehead atoms. The van der Waals surface area contributed by atoms with Crippen LogP contribution in [0.5, 0.6) is 11.5 Å². The number of hydrogen-bond acceptors (Lipinski definition) is 5. The first-order valence-corrected chi connectivity index (χ1v) is 28.9. The molecule has 5 aliphatic heterocycles. The summed E-state index contributed by atoms with van der Waals surface area (Å²) in [6.07, 6.45) is 2.12. The van der Waals surface area contributed by atoms with Crippen LogP contribution in [-0.2, 0) is 34.5 Å². The van der Waals surface area contributed by atoms with E-state index in [9.17, 15) is 0 Å². The molecule has 8 aromatic rings. The maximum Gasteiger partial charge on any atom is 0.264 e. The number of nitrogens with zero attached hydrogens (tertiary/aromatic N) is 3. The van der Waals surface area contributed by atoms with Crippen molar-refractivity contribution >= 4 is 83.6 Å². The van der Waals surface area contributed by atoms with E-state index in [1.54, 1.807) is 0 Å². The lowest BCUT2D eigenvalue weighted by atomic mass is 9.36. The highest BCUT2D eigenvalue weighted by molar-refractivity contribution is 7.33. The van der Waals surface area contributed by atoms with Crippen LogP contribution in [-0.4, -0.2) is 19.8 Å². The Bertz CT molecular complexity index is 3720. The topological polar surface area (TPSA) is 19.0 Å². The molecule has 4 nitrogen and oxygen atoms in total. The molecular weight excluding hydrogens is 942 g/mol. The highest BCUT2D eigenvalue weighted by Crippen LogP contribution is 2.56. The molecule has 0 saturated heterocycles. The van der Waals surface area contributed by atoms with Gasteiger partial charge in [-0.2, -0.15) is 0 Å². The van der Waals surface area contributed by atoms with Gasteiger partial charge in [-0.1, -0.05) is 165 Å². The quantitative estimate of drug-likeness (QED) is 0.164. The fraction of sp³-hybridized carbons (Fsp3) is 0.371. The molecule has 0 unspecified atom stereocenters. The Morgan fingerprint density at radius 3 is 1.78 bits per heavy atom. The largest absolute Gasteiger partial charge is 0.457 e. The van der Waals surface area contributed by atoms with E-state index in [1.807, 2.05) is 11.3 Å². The molecule has 0 fully saturated rings. The summed E-state index contributed by atoms with van der Waals surface area (Å²) < 4.78 is 9.86. The van der Waals surface area contributed by atoms with Gasteiger partial charge in [0, 0.05) is 84.6 Å². The molecule has 6 heterocycles. The van der Waals surface area contributed by atoms with E-state index in [2.05, 4.69) is 247 Å². The first kappa shape index (κ1) is 49.3. The van der Waals surface area contributed by atoms with Gasteiger partial charge in [0.1, 0.15) is 11.5 Å². The van der Waals surface area contributed by atoms with E-state index in [0.717, 1.165) is 37.4 Å². The van der Waals surface area contributed by atoms with E-state index in [0.29, 0.717) is 0 Å². The average Bonchev–Trinajstić information content (AvgIpc) is 3.82. The van der Waals surface area contributed by atoms with Gasteiger partial charge in [-0.15, -0.1) is 11.3 Å². The smallest absolute Gasteiger partial charge is 0.264 e. The van der Waals surface area contributed by atoms with Crippen molar-refractivity contribution < 1.29 is 4.74 Å². The van der Waals surface area contributed by atoms with Crippen LogP contribution >= 0.6 is 11.3 Å². The van der Waals surface area contributed by atoms with E-state index < -0.39 is 0 Å². The van der Waals surface area contributed by atoms with Crippen LogP contribution < -0.4 is 35.1 Å². The van der Waals surface area contributed by atoms with Crippen LogP contribution in [0.15, 0.2) is 121 Å². The van der Waals surface area contributed by atoms with Gasteiger partial charge in [0.05, 0.1) is 11.4 Å². The van der Waals surface area contributed by atoms with Crippen molar-refractivity contribution in [1.29, 1.82) is 0 Å². The van der Waals surface area contributed by atoms with Crippen molar-refractivity contribution in [2.24, 2.45) is 10.8 Å². The number of anilines is 7. The Morgan fingerprint density at radius 2 is 1.13 bits per heavy atom. The van der Waals surface area contributed by atoms with Gasteiger partial charge in [0.15, 0.2) is 0 Å². The fourth-order valence-electron chi connectivity index (χ4n) is 14.1. The zero-order valence-corrected chi connectivity index (χ0v) is 48.9. The van der Waals surface area contributed by atoms with Crippen LogP contribution in [0.4, 0.5) is 39.8 Å². The molecule has 386 valence electrons. The van der Waals surface area contributed by atoms with Crippen LogP contribution in [0, 0.1) is 17.8 Å². The number of thiophene rings is 1. The van der Waals surface area contributed by atoms with E-state index in [-0.39, 0.29) is 39.2 Å². The van der Waals surface area contributed by atoms with Gasteiger partial charge in [-0.3, -0.25) is 0 Å². The Labute approximate surface area is 458 Å². The lowest BCUT2D eigenvalue weighted by Gasteiger charge is -2.49. The number of benzene rings is 7. The normalized spacial score (nSPS) is 17.6. The van der Waals surface area contributed by atoms with Gasteiger partial charge in [-0.25, -0.2) is 0 Å². The summed E-state index contributed by atoms with van der Waals surface area (Å²) in [5.74, 6) is 1.86. The van der Waals surface area contributed by atoms with Crippen LogP contribution in [0.3, 0.4) is 0 Å². The van der Waals surface area contributed by atoms with Crippen LogP contribution in [0.25, 0.3) is 21.2 Å². The molecule has 13 rings (SSSR count). The highest BCUT2D eigenvalue weighted by Gasteiger charge is 2.49. The Morgan fingerprint density at radius 1 is 0.539 bits per heavy atom. The average molecular weight is 1020 g/mol. The van der Waals surface area contributed by atoms with Crippen molar-refractivity contribution in [2.75, 3.05) is 27.8 Å². The second kappa shape index (κ2) is 16.2. The molecule has 6 heteroatoms. The molecule has 0 spiro atoms. The zero-order valence-electron chi connectivity index (χ0n) is 48.1. The zero-order chi connectivity index (χ0) is 53.6. The number of aryl methyl sites for hydroxylation is 1. The third kappa shape index (κ3) is 7.65. The van der Waals surface area contributed by atoms with Gasteiger partial charge in [0.2, 0.25) is 0 Å². The molecule has 0 radical (unpaired) electrons. The Kier molecular flexibility index (Phi) is 10.5. The second-order valence-electron chi connectivity index (χ2n) is 28.7. The van der Waals surface area contributed by atoms with Gasteiger partial charge < -0.3 is 19.4 Å². The molecule has 76 heavy (non-hydrogen) atoms. The maximum absolute atomic E-state index is 7.12. The molecule has 0 N–H and O–H groups in total. The Balaban J connectivity index is 1.15. The summed E-state index contributed by atoms with van der Waals surface area (Å²) in [6.45, 7) is 40.2. The van der Waals surface area contributed by atoms with Crippen molar-refractivity contribution in [3.05, 3.63) is 166 Å². The minimum Gasteiger partial charge on any atom is -0.457 e. The van der Waals surface area contributed by atoms with Gasteiger partial charge in [0.25, 0.3) is 6.71 Å². The van der Waals surface area contributed by atoms with Crippen LogP contribution in [0.2, 0.25) is 0 Å². The maximum atomic E-state index is 7.12. The molecule has 1 aromatic heterocycles. The first-order valence-electron chi connectivity index (χ1n) is 28.1. The van der Waals surface area contributed by atoms with Crippen LogP contribution in [0.1, 0.15) is 148 Å². The van der Waals surface area contributed by atoms with E-state index in [4.69, 9.17) is 4.74 Å². The number of hydrogen-bond donors (Lipinski definition) is 0. The number of para-hydroxylation sites is 1. The van der Waals surface area contributed by atoms with Gasteiger partial charge >= 0.3 is 0 Å². The Hall–Kier alpha value is -6.24. The number of ether oxygens (including phenoxy) is 1. The summed E-state index contributed by atoms with van der Waals surface area (Å²) in [7, 11) is 0. The third-order valence-electron chi connectivity index (χ3n) is 17.8. The van der Waals surface area contributed by atoms with Crippen molar-refractivity contribution in [2.45, 2.75) is 145 Å². The predicted octanol–water partition coefficient (Wildman–Crippen LogP) is 17.3. The summed E-state index contributed by atoms with van der Waals surface area (Å²) in [4.78, 5) is 8.12. The molecule has 0 amide bonds. The highest BCUT2D eigenvalue weighted by atomic mass is 32.1. The summed E-state index contributed by atoms with van der Waals surface area (Å²) in [6, 6.07) is 48.0. The van der Waals surface area contributed by atoms with Crippen molar-refractivity contribution in [3.63, 3.8) is 0 Å². The lowest BCUT2D eigenvalue weighted by molar-refractivity contribution is 0.289. The van der Waals surface area contributed by atoms with Gasteiger partial charge in [-0.05, 0) is 151 Å². The lowest BCUT2D eigenvalue weighted by Crippen LogP contribution is -2.60. The summed E-state index contributed by atoms with van der Waals surface area (Å²) in [5.41, 5.74) is 24.7. The fourth-order valence-corrected chi connectivity index (χ4v) is 15.4. The standard InChI is InChI=1S/C70H76BN3OS/c1-41-29-56-61-57(30-41)74(54-27-25-46(66(5,6)7)33-49(54)42-21-23-45(24-22-42)65(2,3)4)55-36-59-52(70(15,16)51-19-17-18-20-58(51)75-59)35-53(55)71(61)64-63(50-34-47(67(8,9)10)26-28-60(50)76-64)73(56)48-31-43-37-68(11,12)39-72-40-69(13,14)38-44(32-48)62(43)72/h17-36H,37-40H2,1-16H3. The van der Waals surface area contributed by atoms with Crippen molar-refractivity contribution in [3.8, 4) is 22.6 Å². The first-order chi connectivity index (χ1) is 35.6. The van der Waals surface area contributed by atoms with E-state index >= 15 is 0 Å². The predicted molar refractivity (Wildman–Crippen MR) is 328 cm³/mol. The number of fused-ring (bicyclic) bond motifs is 8. The molecular formula is C70H76BN3OS. The molecule has 5 aliphatic rings. The third-order valence-corrected chi connectivity index (χ3v) is 19.0. The monoisotopic (exact) mass is 1020 g/mol.